The molecule has 0 radical (unpaired) electrons. The summed E-state index contributed by atoms with van der Waals surface area (Å²) in [6.07, 6.45) is 3.87. The van der Waals surface area contributed by atoms with Crippen LogP contribution in [0.15, 0.2) is 4.99 Å². The average Bonchev–Trinajstić information content (AvgIpc) is 3.18. The number of guanidine groups is 1. The summed E-state index contributed by atoms with van der Waals surface area (Å²) in [6.45, 7) is 12.8. The van der Waals surface area contributed by atoms with Crippen LogP contribution in [0.3, 0.4) is 0 Å². The first-order valence-electron chi connectivity index (χ1n) is 7.50. The Kier molecular flexibility index (Phi) is 10.7. The highest BCUT2D eigenvalue weighted by atomic mass is 127. The van der Waals surface area contributed by atoms with Crippen molar-refractivity contribution in [1.29, 1.82) is 0 Å². The Balaban J connectivity index is 0.00000324. The second-order valence-corrected chi connectivity index (χ2v) is 5.07. The van der Waals surface area contributed by atoms with Crippen molar-refractivity contribution >= 4 is 29.9 Å². The second-order valence-electron chi connectivity index (χ2n) is 5.07. The number of hydrogen-bond donors (Lipinski definition) is 2. The summed E-state index contributed by atoms with van der Waals surface area (Å²) < 4.78 is 0. The van der Waals surface area contributed by atoms with Crippen molar-refractivity contribution < 1.29 is 0 Å². The molecule has 0 amide bonds. The molecule has 0 saturated heterocycles. The van der Waals surface area contributed by atoms with Crippen LogP contribution < -0.4 is 10.6 Å². The van der Waals surface area contributed by atoms with Crippen LogP contribution in [-0.4, -0.2) is 49.1 Å². The molecule has 1 fully saturated rings. The molecule has 0 aromatic heterocycles. The van der Waals surface area contributed by atoms with Crippen molar-refractivity contribution in [2.24, 2.45) is 4.99 Å². The summed E-state index contributed by atoms with van der Waals surface area (Å²) in [7, 11) is 0. The van der Waals surface area contributed by atoms with Crippen molar-refractivity contribution in [3.05, 3.63) is 0 Å². The Morgan fingerprint density at radius 3 is 2.47 bits per heavy atom. The van der Waals surface area contributed by atoms with Crippen LogP contribution in [0.25, 0.3) is 0 Å². The Morgan fingerprint density at radius 1 is 1.32 bits per heavy atom. The number of rotatable bonds is 8. The molecule has 1 aliphatic rings. The second kappa shape index (κ2) is 10.7. The summed E-state index contributed by atoms with van der Waals surface area (Å²) in [6, 6.07) is 1.32. The fourth-order valence-electron chi connectivity index (χ4n) is 1.98. The Morgan fingerprint density at radius 2 is 2.00 bits per heavy atom. The van der Waals surface area contributed by atoms with Gasteiger partial charge in [-0.2, -0.15) is 0 Å². The molecule has 114 valence electrons. The predicted octanol–water partition coefficient (Wildman–Crippen LogP) is 2.44. The lowest BCUT2D eigenvalue weighted by Crippen LogP contribution is -2.42. The van der Waals surface area contributed by atoms with E-state index in [9.17, 15) is 0 Å². The van der Waals surface area contributed by atoms with E-state index in [0.29, 0.717) is 6.04 Å². The van der Waals surface area contributed by atoms with E-state index in [1.807, 2.05) is 0 Å². The van der Waals surface area contributed by atoms with Crippen LogP contribution in [-0.2, 0) is 0 Å². The van der Waals surface area contributed by atoms with Crippen LogP contribution in [0, 0.1) is 0 Å². The topological polar surface area (TPSA) is 39.7 Å². The number of aliphatic imine (C=N–C) groups is 1. The summed E-state index contributed by atoms with van der Waals surface area (Å²) in [4.78, 5) is 7.19. The van der Waals surface area contributed by atoms with Gasteiger partial charge < -0.3 is 10.6 Å². The first-order chi connectivity index (χ1) is 8.71. The highest BCUT2D eigenvalue weighted by molar-refractivity contribution is 14.0. The molecule has 1 unspecified atom stereocenters. The van der Waals surface area contributed by atoms with Gasteiger partial charge in [0.15, 0.2) is 5.96 Å². The Hall–Kier alpha value is -0.0400. The van der Waals surface area contributed by atoms with E-state index in [2.05, 4.69) is 48.2 Å². The van der Waals surface area contributed by atoms with Gasteiger partial charge in [0.05, 0.1) is 6.54 Å². The third kappa shape index (κ3) is 7.97. The maximum Gasteiger partial charge on any atom is 0.191 e. The lowest BCUT2D eigenvalue weighted by molar-refractivity contribution is 0.286. The van der Waals surface area contributed by atoms with E-state index in [1.54, 1.807) is 0 Å². The first kappa shape index (κ1) is 19.0. The summed E-state index contributed by atoms with van der Waals surface area (Å²) in [5.41, 5.74) is 0. The van der Waals surface area contributed by atoms with Gasteiger partial charge in [-0.05, 0) is 39.7 Å². The van der Waals surface area contributed by atoms with Gasteiger partial charge in [0.1, 0.15) is 0 Å². The molecule has 0 bridgehead atoms. The molecule has 1 aliphatic carbocycles. The zero-order valence-electron chi connectivity index (χ0n) is 12.9. The molecular weight excluding hydrogens is 351 g/mol. The molecule has 0 aromatic carbocycles. The number of nitrogens with zero attached hydrogens (tertiary/aromatic N) is 2. The quantitative estimate of drug-likeness (QED) is 0.385. The first-order valence-corrected chi connectivity index (χ1v) is 7.50. The third-order valence-corrected chi connectivity index (χ3v) is 3.47. The highest BCUT2D eigenvalue weighted by Gasteiger charge is 2.27. The number of nitrogens with one attached hydrogen (secondary N) is 2. The van der Waals surface area contributed by atoms with Crippen molar-refractivity contribution in [1.82, 2.24) is 15.5 Å². The Bertz CT molecular complexity index is 254. The van der Waals surface area contributed by atoms with Gasteiger partial charge in [-0.3, -0.25) is 9.89 Å². The van der Waals surface area contributed by atoms with E-state index in [1.165, 1.54) is 12.8 Å². The normalized spacial score (nSPS) is 17.0. The molecular formula is C14H31IN4. The van der Waals surface area contributed by atoms with Crippen LogP contribution in [0.2, 0.25) is 0 Å². The summed E-state index contributed by atoms with van der Waals surface area (Å²) in [5.74, 6) is 0.957. The van der Waals surface area contributed by atoms with Crippen molar-refractivity contribution in [2.75, 3.05) is 26.2 Å². The minimum atomic E-state index is 0. The van der Waals surface area contributed by atoms with Gasteiger partial charge in [0, 0.05) is 25.2 Å². The molecule has 1 saturated carbocycles. The Labute approximate surface area is 135 Å². The molecule has 2 N–H and O–H groups in total. The van der Waals surface area contributed by atoms with Gasteiger partial charge in [-0.15, -0.1) is 24.0 Å². The lowest BCUT2D eigenvalue weighted by Gasteiger charge is -2.20. The van der Waals surface area contributed by atoms with Crippen LogP contribution in [0.5, 0.6) is 0 Å². The molecule has 0 aliphatic heterocycles. The van der Waals surface area contributed by atoms with E-state index < -0.39 is 0 Å². The number of hydrogen-bond acceptors (Lipinski definition) is 2. The maximum atomic E-state index is 4.65. The molecule has 0 heterocycles. The van der Waals surface area contributed by atoms with Gasteiger partial charge >= 0.3 is 0 Å². The molecule has 19 heavy (non-hydrogen) atoms. The molecule has 1 atom stereocenters. The predicted molar refractivity (Wildman–Crippen MR) is 94.6 cm³/mol. The van der Waals surface area contributed by atoms with E-state index in [4.69, 9.17) is 0 Å². The highest BCUT2D eigenvalue weighted by Crippen LogP contribution is 2.25. The zero-order valence-corrected chi connectivity index (χ0v) is 15.2. The van der Waals surface area contributed by atoms with Crippen molar-refractivity contribution in [3.63, 3.8) is 0 Å². The molecule has 5 heteroatoms. The van der Waals surface area contributed by atoms with Gasteiger partial charge in [0.2, 0.25) is 0 Å². The largest absolute Gasteiger partial charge is 0.357 e. The SMILES string of the molecule is CCNC(=NCCN(CC)C1CC1)NC(C)CC.I. The van der Waals surface area contributed by atoms with E-state index in [-0.39, 0.29) is 24.0 Å². The van der Waals surface area contributed by atoms with Crippen LogP contribution in [0.1, 0.15) is 47.0 Å². The minimum absolute atomic E-state index is 0. The third-order valence-electron chi connectivity index (χ3n) is 3.47. The zero-order chi connectivity index (χ0) is 13.4. The van der Waals surface area contributed by atoms with Crippen molar-refractivity contribution in [3.8, 4) is 0 Å². The molecule has 1 rings (SSSR count). The average molecular weight is 382 g/mol. The fourth-order valence-corrected chi connectivity index (χ4v) is 1.98. The fraction of sp³-hybridized carbons (Fsp3) is 0.929. The smallest absolute Gasteiger partial charge is 0.191 e. The minimum Gasteiger partial charge on any atom is -0.357 e. The monoisotopic (exact) mass is 382 g/mol. The number of halogens is 1. The van der Waals surface area contributed by atoms with E-state index in [0.717, 1.165) is 44.6 Å². The number of likely N-dealkylation sites (N-methyl/N-ethyl adjacent to an activating group) is 1. The van der Waals surface area contributed by atoms with Gasteiger partial charge in [-0.25, -0.2) is 0 Å². The molecule has 0 spiro atoms. The van der Waals surface area contributed by atoms with Crippen LogP contribution >= 0.6 is 24.0 Å². The van der Waals surface area contributed by atoms with Gasteiger partial charge in [0.25, 0.3) is 0 Å². The molecule has 0 aromatic rings. The van der Waals surface area contributed by atoms with E-state index >= 15 is 0 Å². The van der Waals surface area contributed by atoms with Gasteiger partial charge in [-0.1, -0.05) is 13.8 Å². The summed E-state index contributed by atoms with van der Waals surface area (Å²) in [5, 5.41) is 6.73. The maximum absolute atomic E-state index is 4.65. The van der Waals surface area contributed by atoms with Crippen LogP contribution in [0.4, 0.5) is 0 Å². The molecule has 4 nitrogen and oxygen atoms in total. The lowest BCUT2D eigenvalue weighted by atomic mass is 10.3. The standard InChI is InChI=1S/C14H30N4.HI/c1-5-12(4)17-14(15-6-2)16-10-11-18(7-3)13-8-9-13;/h12-13H,5-11H2,1-4H3,(H2,15,16,17);1H. The summed E-state index contributed by atoms with van der Waals surface area (Å²) >= 11 is 0. The van der Waals surface area contributed by atoms with Crippen molar-refractivity contribution in [2.45, 2.75) is 59.0 Å².